The number of halogens is 3. The Labute approximate surface area is 175 Å². The van der Waals surface area contributed by atoms with Crippen LogP contribution < -0.4 is 0 Å². The second-order valence-electron chi connectivity index (χ2n) is 5.48. The van der Waals surface area contributed by atoms with Crippen molar-refractivity contribution >= 4 is 56.5 Å². The van der Waals surface area contributed by atoms with Crippen LogP contribution in [0.4, 0.5) is 0 Å². The average Bonchev–Trinajstić information content (AvgIpc) is 2.62. The van der Waals surface area contributed by atoms with Crippen LogP contribution in [0.3, 0.4) is 0 Å². The lowest BCUT2D eigenvalue weighted by atomic mass is 9.98. The van der Waals surface area contributed by atoms with E-state index in [1.165, 1.54) is 0 Å². The summed E-state index contributed by atoms with van der Waals surface area (Å²) < 4.78 is 0.806. The Morgan fingerprint density at radius 2 is 1.50 bits per heavy atom. The molecule has 26 heavy (non-hydrogen) atoms. The monoisotopic (exact) mass is 463 g/mol. The molecular formula is C21H14BrCl2OS. The van der Waals surface area contributed by atoms with Gasteiger partial charge in [-0.1, -0.05) is 65.7 Å². The second-order valence-corrected chi connectivity index (χ2v) is 8.21. The second kappa shape index (κ2) is 9.01. The summed E-state index contributed by atoms with van der Waals surface area (Å²) in [6.07, 6.45) is 2.12. The van der Waals surface area contributed by atoms with Gasteiger partial charge < -0.3 is 0 Å². The van der Waals surface area contributed by atoms with Gasteiger partial charge in [-0.25, -0.2) is 0 Å². The van der Waals surface area contributed by atoms with E-state index in [9.17, 15) is 5.11 Å². The van der Waals surface area contributed by atoms with Crippen molar-refractivity contribution in [3.63, 3.8) is 0 Å². The minimum Gasteiger partial charge on any atom is -0.290 e. The summed E-state index contributed by atoms with van der Waals surface area (Å²) in [5, 5.41) is 12.8. The topological polar surface area (TPSA) is 19.9 Å². The van der Waals surface area contributed by atoms with E-state index in [0.29, 0.717) is 15.8 Å². The minimum atomic E-state index is -0.00964. The van der Waals surface area contributed by atoms with Gasteiger partial charge in [0.2, 0.25) is 0 Å². The minimum absolute atomic E-state index is 0.00964. The van der Waals surface area contributed by atoms with Crippen LogP contribution in [0.25, 0.3) is 5.57 Å². The maximum Gasteiger partial charge on any atom is 0.179 e. The Bertz CT molecular complexity index is 909. The van der Waals surface area contributed by atoms with E-state index >= 15 is 0 Å². The molecule has 1 nitrogen and oxygen atoms in total. The zero-order chi connectivity index (χ0) is 18.5. The van der Waals surface area contributed by atoms with Gasteiger partial charge in [-0.2, -0.15) is 0 Å². The van der Waals surface area contributed by atoms with Crippen LogP contribution in [0.2, 0.25) is 10.0 Å². The SMILES string of the molecule is [O]c1ccc(SCC=C(c2ccccc2Cl)c2ccccc2Cl)c(Br)c1. The van der Waals surface area contributed by atoms with E-state index in [0.717, 1.165) is 26.1 Å². The normalized spacial score (nSPS) is 10.6. The molecular weight excluding hydrogens is 451 g/mol. The van der Waals surface area contributed by atoms with Crippen molar-refractivity contribution in [2.45, 2.75) is 4.90 Å². The molecule has 3 aromatic carbocycles. The first-order valence-electron chi connectivity index (χ1n) is 7.85. The summed E-state index contributed by atoms with van der Waals surface area (Å²) in [7, 11) is 0. The number of rotatable bonds is 5. The van der Waals surface area contributed by atoms with Gasteiger partial charge in [0, 0.05) is 42.4 Å². The van der Waals surface area contributed by atoms with Crippen molar-refractivity contribution in [2.24, 2.45) is 0 Å². The van der Waals surface area contributed by atoms with Crippen molar-refractivity contribution in [1.29, 1.82) is 0 Å². The van der Waals surface area contributed by atoms with Crippen molar-refractivity contribution in [1.82, 2.24) is 0 Å². The average molecular weight is 465 g/mol. The predicted octanol–water partition coefficient (Wildman–Crippen LogP) is 8.12. The summed E-state index contributed by atoms with van der Waals surface area (Å²) in [4.78, 5) is 1.01. The molecule has 0 aliphatic carbocycles. The summed E-state index contributed by atoms with van der Waals surface area (Å²) in [6, 6.07) is 20.4. The lowest BCUT2D eigenvalue weighted by Crippen LogP contribution is -1.92. The fourth-order valence-electron chi connectivity index (χ4n) is 2.54. The standard InChI is InChI=1S/C21H14BrCl2OS/c22-18-13-14(25)9-10-21(18)26-12-11-15(16-5-1-3-7-19(16)23)17-6-2-4-8-20(17)24/h1-11,13H,12H2. The van der Waals surface area contributed by atoms with Crippen molar-refractivity contribution < 1.29 is 5.11 Å². The molecule has 0 amide bonds. The highest BCUT2D eigenvalue weighted by atomic mass is 79.9. The van der Waals surface area contributed by atoms with E-state index in [-0.39, 0.29) is 5.75 Å². The number of hydrogen-bond acceptors (Lipinski definition) is 1. The molecule has 0 unspecified atom stereocenters. The molecule has 3 rings (SSSR count). The zero-order valence-corrected chi connectivity index (χ0v) is 17.5. The van der Waals surface area contributed by atoms with Gasteiger partial charge in [0.1, 0.15) is 0 Å². The maximum atomic E-state index is 11.4. The Hall–Kier alpha value is -1.39. The number of benzene rings is 3. The molecule has 0 fully saturated rings. The third kappa shape index (κ3) is 4.66. The highest BCUT2D eigenvalue weighted by Gasteiger charge is 2.12. The Balaban J connectivity index is 1.94. The van der Waals surface area contributed by atoms with Crippen molar-refractivity contribution in [3.8, 4) is 5.75 Å². The molecule has 0 saturated heterocycles. The van der Waals surface area contributed by atoms with Crippen LogP contribution in [-0.4, -0.2) is 5.75 Å². The Kier molecular flexibility index (Phi) is 6.71. The number of hydrogen-bond donors (Lipinski definition) is 0. The molecule has 3 aromatic rings. The third-order valence-electron chi connectivity index (χ3n) is 3.76. The predicted molar refractivity (Wildman–Crippen MR) is 115 cm³/mol. The van der Waals surface area contributed by atoms with Crippen LogP contribution >= 0.6 is 50.9 Å². The van der Waals surface area contributed by atoms with Crippen LogP contribution in [0, 0.1) is 0 Å². The summed E-state index contributed by atoms with van der Waals surface area (Å²) in [6.45, 7) is 0. The summed E-state index contributed by atoms with van der Waals surface area (Å²) >= 11 is 17.9. The molecule has 0 N–H and O–H groups in total. The highest BCUT2D eigenvalue weighted by molar-refractivity contribution is 9.10. The largest absolute Gasteiger partial charge is 0.290 e. The third-order valence-corrected chi connectivity index (χ3v) is 6.34. The lowest BCUT2D eigenvalue weighted by molar-refractivity contribution is 0.354. The van der Waals surface area contributed by atoms with Gasteiger partial charge in [-0.15, -0.1) is 11.8 Å². The van der Waals surface area contributed by atoms with Gasteiger partial charge >= 0.3 is 0 Å². The molecule has 1 radical (unpaired) electrons. The maximum absolute atomic E-state index is 11.4. The van der Waals surface area contributed by atoms with Crippen LogP contribution in [0.15, 0.2) is 82.2 Å². The molecule has 0 spiro atoms. The molecule has 0 atom stereocenters. The van der Waals surface area contributed by atoms with Gasteiger partial charge in [-0.05, 0) is 45.8 Å². The fraction of sp³-hybridized carbons (Fsp3) is 0.0476. The zero-order valence-electron chi connectivity index (χ0n) is 13.6. The van der Waals surface area contributed by atoms with Crippen molar-refractivity contribution in [2.75, 3.05) is 5.75 Å². The van der Waals surface area contributed by atoms with Gasteiger partial charge in [0.25, 0.3) is 0 Å². The molecule has 0 heterocycles. The highest BCUT2D eigenvalue weighted by Crippen LogP contribution is 2.35. The van der Waals surface area contributed by atoms with Gasteiger partial charge in [-0.3, -0.25) is 5.11 Å². The fourth-order valence-corrected chi connectivity index (χ4v) is 4.50. The molecule has 0 bridgehead atoms. The quantitative estimate of drug-likeness (QED) is 0.349. The van der Waals surface area contributed by atoms with E-state index in [1.54, 1.807) is 23.9 Å². The first kappa shape index (κ1) is 19.4. The van der Waals surface area contributed by atoms with E-state index in [1.807, 2.05) is 54.6 Å². The van der Waals surface area contributed by atoms with E-state index < -0.39 is 0 Å². The first-order valence-corrected chi connectivity index (χ1v) is 10.4. The van der Waals surface area contributed by atoms with Crippen LogP contribution in [0.1, 0.15) is 11.1 Å². The van der Waals surface area contributed by atoms with E-state index in [4.69, 9.17) is 23.2 Å². The summed E-state index contributed by atoms with van der Waals surface area (Å²) in [5.74, 6) is 0.701. The molecule has 5 heteroatoms. The molecule has 0 aliphatic rings. The molecule has 0 aromatic heterocycles. The smallest absolute Gasteiger partial charge is 0.179 e. The Morgan fingerprint density at radius 1 is 0.923 bits per heavy atom. The number of thioether (sulfide) groups is 1. The van der Waals surface area contributed by atoms with Gasteiger partial charge in [0.15, 0.2) is 5.75 Å². The van der Waals surface area contributed by atoms with E-state index in [2.05, 4.69) is 22.0 Å². The van der Waals surface area contributed by atoms with Gasteiger partial charge in [0.05, 0.1) is 0 Å². The lowest BCUT2D eigenvalue weighted by Gasteiger charge is -2.12. The van der Waals surface area contributed by atoms with Crippen molar-refractivity contribution in [3.05, 3.63) is 98.5 Å². The molecule has 0 saturated carbocycles. The Morgan fingerprint density at radius 3 is 2.04 bits per heavy atom. The molecule has 0 aliphatic heterocycles. The molecule has 131 valence electrons. The van der Waals surface area contributed by atoms with Crippen LogP contribution in [0.5, 0.6) is 5.75 Å². The summed E-state index contributed by atoms with van der Waals surface area (Å²) in [5.41, 5.74) is 2.87. The first-order chi connectivity index (χ1) is 12.6. The van der Waals surface area contributed by atoms with Crippen LogP contribution in [-0.2, 0) is 5.11 Å².